The maximum absolute atomic E-state index is 11.5. The highest BCUT2D eigenvalue weighted by molar-refractivity contribution is 5.87. The van der Waals surface area contributed by atoms with Crippen LogP contribution in [0.4, 0.5) is 0 Å². The van der Waals surface area contributed by atoms with Crippen molar-refractivity contribution in [2.45, 2.75) is 97.5 Å². The minimum absolute atomic E-state index is 0.0846. The lowest BCUT2D eigenvalue weighted by Crippen LogP contribution is -2.25. The van der Waals surface area contributed by atoms with E-state index in [9.17, 15) is 9.90 Å². The molecular weight excluding hydrogens is 334 g/mol. The van der Waals surface area contributed by atoms with Gasteiger partial charge in [0.15, 0.2) is 0 Å². The second-order valence-electron chi connectivity index (χ2n) is 7.76. The van der Waals surface area contributed by atoms with Gasteiger partial charge in [-0.2, -0.15) is 0 Å². The van der Waals surface area contributed by atoms with Crippen LogP contribution in [0, 0.1) is 5.92 Å². The zero-order valence-corrected chi connectivity index (χ0v) is 18.0. The summed E-state index contributed by atoms with van der Waals surface area (Å²) in [6.45, 7) is 7.05. The third-order valence-electron chi connectivity index (χ3n) is 4.39. The van der Waals surface area contributed by atoms with Gasteiger partial charge in [-0.3, -0.25) is 4.79 Å². The number of hydrogen-bond acceptors (Lipinski definition) is 2. The molecule has 0 heterocycles. The Morgan fingerprint density at radius 1 is 0.926 bits per heavy atom. The fraction of sp³-hybridized carbons (Fsp3) is 0.708. The van der Waals surface area contributed by atoms with Crippen molar-refractivity contribution in [1.29, 1.82) is 0 Å². The summed E-state index contributed by atoms with van der Waals surface area (Å²) in [6, 6.07) is 0. The first-order valence-electron chi connectivity index (χ1n) is 11.0. The van der Waals surface area contributed by atoms with E-state index in [1.807, 2.05) is 0 Å². The number of aliphatic hydroxyl groups is 1. The Morgan fingerprint density at radius 2 is 1.56 bits per heavy atom. The SMILES string of the molecule is CCCCC/C=C\CCCCCCCC(O)/C=C/C=C/C(=O)NCC(C)C. The van der Waals surface area contributed by atoms with E-state index in [0.717, 1.165) is 12.8 Å². The average Bonchev–Trinajstić information content (AvgIpc) is 2.64. The van der Waals surface area contributed by atoms with Gasteiger partial charge >= 0.3 is 0 Å². The Morgan fingerprint density at radius 3 is 2.22 bits per heavy atom. The average molecular weight is 378 g/mol. The molecule has 0 aliphatic rings. The fourth-order valence-corrected chi connectivity index (χ4v) is 2.69. The van der Waals surface area contributed by atoms with Gasteiger partial charge in [-0.1, -0.05) is 89.7 Å². The molecule has 0 fully saturated rings. The Hall–Kier alpha value is -1.35. The fourth-order valence-electron chi connectivity index (χ4n) is 2.69. The van der Waals surface area contributed by atoms with Crippen molar-refractivity contribution in [1.82, 2.24) is 5.32 Å². The first-order valence-corrected chi connectivity index (χ1v) is 11.0. The Balaban J connectivity index is 3.52. The molecule has 3 heteroatoms. The van der Waals surface area contributed by atoms with E-state index in [1.165, 1.54) is 63.9 Å². The third-order valence-corrected chi connectivity index (χ3v) is 4.39. The van der Waals surface area contributed by atoms with Crippen molar-refractivity contribution >= 4 is 5.91 Å². The quantitative estimate of drug-likeness (QED) is 0.139. The monoisotopic (exact) mass is 377 g/mol. The van der Waals surface area contributed by atoms with Gasteiger partial charge < -0.3 is 10.4 Å². The van der Waals surface area contributed by atoms with Crippen LogP contribution in [-0.2, 0) is 4.79 Å². The molecule has 1 unspecified atom stereocenters. The lowest BCUT2D eigenvalue weighted by molar-refractivity contribution is -0.116. The number of carbonyl (C=O) groups is 1. The van der Waals surface area contributed by atoms with Crippen LogP contribution in [0.1, 0.15) is 91.4 Å². The predicted octanol–water partition coefficient (Wildman–Crippen LogP) is 6.10. The first kappa shape index (κ1) is 25.6. The maximum atomic E-state index is 11.5. The molecule has 3 nitrogen and oxygen atoms in total. The molecule has 2 N–H and O–H groups in total. The van der Waals surface area contributed by atoms with E-state index in [2.05, 4.69) is 38.2 Å². The van der Waals surface area contributed by atoms with Gasteiger partial charge in [0.25, 0.3) is 0 Å². The smallest absolute Gasteiger partial charge is 0.243 e. The molecular formula is C24H43NO2. The first-order chi connectivity index (χ1) is 13.1. The molecule has 0 saturated carbocycles. The number of hydrogen-bond donors (Lipinski definition) is 2. The number of amides is 1. The summed E-state index contributed by atoms with van der Waals surface area (Å²) in [7, 11) is 0. The highest BCUT2D eigenvalue weighted by atomic mass is 16.3. The number of rotatable bonds is 17. The third kappa shape index (κ3) is 20.8. The normalized spacial score (nSPS) is 13.4. The summed E-state index contributed by atoms with van der Waals surface area (Å²) in [5.41, 5.74) is 0. The van der Waals surface area contributed by atoms with Gasteiger partial charge in [0.2, 0.25) is 5.91 Å². The van der Waals surface area contributed by atoms with Crippen LogP contribution in [0.2, 0.25) is 0 Å². The highest BCUT2D eigenvalue weighted by Crippen LogP contribution is 2.10. The van der Waals surface area contributed by atoms with Crippen molar-refractivity contribution in [2.75, 3.05) is 6.54 Å². The summed E-state index contributed by atoms with van der Waals surface area (Å²) in [5.74, 6) is 0.366. The van der Waals surface area contributed by atoms with Crippen molar-refractivity contribution in [3.8, 4) is 0 Å². The van der Waals surface area contributed by atoms with E-state index in [1.54, 1.807) is 18.2 Å². The molecule has 1 amide bonds. The zero-order chi connectivity index (χ0) is 20.2. The van der Waals surface area contributed by atoms with Crippen molar-refractivity contribution in [2.24, 2.45) is 5.92 Å². The van der Waals surface area contributed by atoms with E-state index in [-0.39, 0.29) is 5.91 Å². The summed E-state index contributed by atoms with van der Waals surface area (Å²) >= 11 is 0. The van der Waals surface area contributed by atoms with E-state index in [4.69, 9.17) is 0 Å². The molecule has 1 atom stereocenters. The van der Waals surface area contributed by atoms with Gasteiger partial charge in [0.1, 0.15) is 0 Å². The van der Waals surface area contributed by atoms with Gasteiger partial charge in [0, 0.05) is 12.6 Å². The highest BCUT2D eigenvalue weighted by Gasteiger charge is 1.99. The molecule has 0 aliphatic heterocycles. The minimum Gasteiger partial charge on any atom is -0.389 e. The van der Waals surface area contributed by atoms with Gasteiger partial charge in [-0.05, 0) is 38.0 Å². The van der Waals surface area contributed by atoms with Crippen molar-refractivity contribution in [3.05, 3.63) is 36.5 Å². The molecule has 27 heavy (non-hydrogen) atoms. The lowest BCUT2D eigenvalue weighted by Gasteiger charge is -2.05. The molecule has 0 aromatic heterocycles. The Kier molecular flexibility index (Phi) is 18.4. The molecule has 0 radical (unpaired) electrons. The van der Waals surface area contributed by atoms with Gasteiger partial charge in [-0.15, -0.1) is 0 Å². The molecule has 0 aromatic carbocycles. The molecule has 156 valence electrons. The van der Waals surface area contributed by atoms with Crippen LogP contribution < -0.4 is 5.32 Å². The molecule has 0 rings (SSSR count). The number of aliphatic hydroxyl groups excluding tert-OH is 1. The number of nitrogens with one attached hydrogen (secondary N) is 1. The molecule has 0 spiro atoms. The van der Waals surface area contributed by atoms with Crippen LogP contribution in [-0.4, -0.2) is 23.7 Å². The van der Waals surface area contributed by atoms with Gasteiger partial charge in [-0.25, -0.2) is 0 Å². The Bertz CT molecular complexity index is 424. The summed E-state index contributed by atoms with van der Waals surface area (Å²) < 4.78 is 0. The van der Waals surface area contributed by atoms with Crippen LogP contribution >= 0.6 is 0 Å². The second kappa shape index (κ2) is 19.4. The number of carbonyl (C=O) groups excluding carboxylic acids is 1. The van der Waals surface area contributed by atoms with Crippen LogP contribution in [0.15, 0.2) is 36.5 Å². The largest absolute Gasteiger partial charge is 0.389 e. The van der Waals surface area contributed by atoms with Crippen LogP contribution in [0.25, 0.3) is 0 Å². The van der Waals surface area contributed by atoms with E-state index < -0.39 is 6.10 Å². The number of allylic oxidation sites excluding steroid dienone is 4. The van der Waals surface area contributed by atoms with E-state index >= 15 is 0 Å². The Labute approximate surface area is 168 Å². The predicted molar refractivity (Wildman–Crippen MR) is 118 cm³/mol. The van der Waals surface area contributed by atoms with E-state index in [0.29, 0.717) is 12.5 Å². The summed E-state index contributed by atoms with van der Waals surface area (Å²) in [4.78, 5) is 11.5. The summed E-state index contributed by atoms with van der Waals surface area (Å²) in [6.07, 6.45) is 24.2. The lowest BCUT2D eigenvalue weighted by atomic mass is 10.1. The molecule has 0 bridgehead atoms. The molecule has 0 aliphatic carbocycles. The van der Waals surface area contributed by atoms with Crippen LogP contribution in [0.3, 0.4) is 0 Å². The van der Waals surface area contributed by atoms with Crippen molar-refractivity contribution in [3.63, 3.8) is 0 Å². The standard InChI is InChI=1S/C24H43NO2/c1-4-5-6-7-8-9-10-11-12-13-14-15-18-23(26)19-16-17-20-24(27)25-21-22(2)3/h8-9,16-17,19-20,22-23,26H,4-7,10-15,18,21H2,1-3H3,(H,25,27)/b9-8-,19-16+,20-17+. The van der Waals surface area contributed by atoms with Crippen LogP contribution in [0.5, 0.6) is 0 Å². The topological polar surface area (TPSA) is 49.3 Å². The maximum Gasteiger partial charge on any atom is 0.243 e. The molecule has 0 aromatic rings. The number of unbranched alkanes of at least 4 members (excludes halogenated alkanes) is 8. The summed E-state index contributed by atoms with van der Waals surface area (Å²) in [5, 5.41) is 12.7. The minimum atomic E-state index is -0.417. The van der Waals surface area contributed by atoms with Crippen molar-refractivity contribution < 1.29 is 9.90 Å². The second-order valence-corrected chi connectivity index (χ2v) is 7.76. The van der Waals surface area contributed by atoms with Gasteiger partial charge in [0.05, 0.1) is 6.10 Å². The molecule has 0 saturated heterocycles. The zero-order valence-electron chi connectivity index (χ0n) is 18.0.